The minimum atomic E-state index is -3.07. The zero-order chi connectivity index (χ0) is 13.7. The van der Waals surface area contributed by atoms with E-state index < -0.39 is 21.4 Å². The highest BCUT2D eigenvalue weighted by molar-refractivity contribution is 7.91. The molecule has 2 heterocycles. The molecule has 2 aliphatic rings. The first-order valence-electron chi connectivity index (χ1n) is 6.13. The topological polar surface area (TPSA) is 83.7 Å². The minimum Gasteiger partial charge on any atom is -0.343 e. The Kier molecular flexibility index (Phi) is 3.19. The van der Waals surface area contributed by atoms with Gasteiger partial charge in [0.1, 0.15) is 0 Å². The predicted molar refractivity (Wildman–Crippen MR) is 68.8 cm³/mol. The smallest absolute Gasteiger partial charge is 0.242 e. The van der Waals surface area contributed by atoms with Crippen LogP contribution in [0.5, 0.6) is 0 Å². The predicted octanol–water partition coefficient (Wildman–Crippen LogP) is -1.34. The van der Waals surface area contributed by atoms with Crippen LogP contribution in [0, 0.1) is 0 Å². The van der Waals surface area contributed by atoms with E-state index in [0.717, 1.165) is 0 Å². The van der Waals surface area contributed by atoms with Gasteiger partial charge in [0.2, 0.25) is 5.91 Å². The molecule has 7 heteroatoms. The summed E-state index contributed by atoms with van der Waals surface area (Å²) in [7, 11) is -1.30. The lowest BCUT2D eigenvalue weighted by Crippen LogP contribution is -2.67. The van der Waals surface area contributed by atoms with E-state index in [4.69, 9.17) is 5.73 Å². The second-order valence-corrected chi connectivity index (χ2v) is 7.94. The van der Waals surface area contributed by atoms with E-state index in [1.807, 2.05) is 18.7 Å². The fourth-order valence-electron chi connectivity index (χ4n) is 2.99. The molecule has 0 aromatic heterocycles. The molecule has 0 aliphatic carbocycles. The monoisotopic (exact) mass is 275 g/mol. The normalized spacial score (nSPS) is 36.0. The summed E-state index contributed by atoms with van der Waals surface area (Å²) in [5, 5.41) is 0. The maximum absolute atomic E-state index is 12.2. The molecule has 2 N–H and O–H groups in total. The maximum atomic E-state index is 12.2. The summed E-state index contributed by atoms with van der Waals surface area (Å²) in [6, 6.07) is -0.645. The molecule has 6 nitrogen and oxygen atoms in total. The number of nitrogens with zero attached hydrogens (tertiary/aromatic N) is 2. The molecule has 2 aliphatic heterocycles. The molecular weight excluding hydrogens is 254 g/mol. The van der Waals surface area contributed by atoms with Crippen molar-refractivity contribution in [1.82, 2.24) is 9.80 Å². The van der Waals surface area contributed by atoms with Crippen molar-refractivity contribution in [3.63, 3.8) is 0 Å². The van der Waals surface area contributed by atoms with E-state index in [1.165, 1.54) is 0 Å². The van der Waals surface area contributed by atoms with Gasteiger partial charge >= 0.3 is 0 Å². The number of nitrogens with two attached hydrogens (primary N) is 1. The van der Waals surface area contributed by atoms with E-state index in [0.29, 0.717) is 13.1 Å². The molecule has 2 atom stereocenters. The second kappa shape index (κ2) is 4.18. The number of amides is 1. The molecule has 0 spiro atoms. The Morgan fingerprint density at radius 1 is 1.28 bits per heavy atom. The highest BCUT2D eigenvalue weighted by atomic mass is 32.2. The summed E-state index contributed by atoms with van der Waals surface area (Å²) in [4.78, 5) is 15.8. The molecule has 1 amide bonds. The third-order valence-corrected chi connectivity index (χ3v) is 5.77. The first kappa shape index (κ1) is 13.8. The van der Waals surface area contributed by atoms with Crippen LogP contribution in [0.3, 0.4) is 0 Å². The molecule has 104 valence electrons. The molecule has 18 heavy (non-hydrogen) atoms. The van der Waals surface area contributed by atoms with Crippen molar-refractivity contribution in [2.24, 2.45) is 5.73 Å². The number of sulfone groups is 1. The summed E-state index contributed by atoms with van der Waals surface area (Å²) in [6.45, 7) is 4.96. The summed E-state index contributed by atoms with van der Waals surface area (Å²) in [5.41, 5.74) is 5.26. The molecule has 2 saturated heterocycles. The van der Waals surface area contributed by atoms with Crippen LogP contribution < -0.4 is 5.73 Å². The van der Waals surface area contributed by atoms with Gasteiger partial charge in [0.15, 0.2) is 9.84 Å². The van der Waals surface area contributed by atoms with Gasteiger partial charge < -0.3 is 10.6 Å². The average molecular weight is 275 g/mol. The first-order valence-corrected chi connectivity index (χ1v) is 7.95. The summed E-state index contributed by atoms with van der Waals surface area (Å²) in [6.07, 6.45) is 0. The van der Waals surface area contributed by atoms with Gasteiger partial charge in [0, 0.05) is 32.2 Å². The van der Waals surface area contributed by atoms with Crippen LogP contribution in [-0.4, -0.2) is 73.4 Å². The Morgan fingerprint density at radius 2 is 1.89 bits per heavy atom. The van der Waals surface area contributed by atoms with Crippen LogP contribution >= 0.6 is 0 Å². The Morgan fingerprint density at radius 3 is 2.39 bits per heavy atom. The lowest BCUT2D eigenvalue weighted by molar-refractivity contribution is -0.149. The SMILES string of the molecule is CN1CCN(C2CS(=O)(=O)CC2N)C(C)(C)C1=O. The van der Waals surface area contributed by atoms with E-state index in [1.54, 1.807) is 11.9 Å². The number of carbonyl (C=O) groups excluding carboxylic acids is 1. The van der Waals surface area contributed by atoms with Gasteiger partial charge in [0.05, 0.1) is 17.0 Å². The molecule has 0 bridgehead atoms. The Hall–Kier alpha value is -0.660. The summed E-state index contributed by atoms with van der Waals surface area (Å²) >= 11 is 0. The number of piperazine rings is 1. The zero-order valence-electron chi connectivity index (χ0n) is 11.1. The molecule has 2 unspecified atom stereocenters. The van der Waals surface area contributed by atoms with Crippen molar-refractivity contribution < 1.29 is 13.2 Å². The van der Waals surface area contributed by atoms with Gasteiger partial charge in [-0.15, -0.1) is 0 Å². The number of hydrogen-bond acceptors (Lipinski definition) is 5. The lowest BCUT2D eigenvalue weighted by atomic mass is 9.94. The maximum Gasteiger partial charge on any atom is 0.242 e. The van der Waals surface area contributed by atoms with Crippen molar-refractivity contribution in [3.8, 4) is 0 Å². The summed E-state index contributed by atoms with van der Waals surface area (Å²) < 4.78 is 23.3. The van der Waals surface area contributed by atoms with Crippen molar-refractivity contribution in [2.75, 3.05) is 31.6 Å². The molecule has 0 aromatic rings. The third kappa shape index (κ3) is 2.15. The largest absolute Gasteiger partial charge is 0.343 e. The average Bonchev–Trinajstić information content (AvgIpc) is 2.49. The molecular formula is C11H21N3O3S. The van der Waals surface area contributed by atoms with Crippen LogP contribution in [0.4, 0.5) is 0 Å². The van der Waals surface area contributed by atoms with Crippen molar-refractivity contribution in [2.45, 2.75) is 31.5 Å². The van der Waals surface area contributed by atoms with E-state index >= 15 is 0 Å². The number of likely N-dealkylation sites (N-methyl/N-ethyl adjacent to an activating group) is 1. The van der Waals surface area contributed by atoms with Crippen LogP contribution in [0.25, 0.3) is 0 Å². The quantitative estimate of drug-likeness (QED) is 0.640. The van der Waals surface area contributed by atoms with E-state index in [2.05, 4.69) is 0 Å². The van der Waals surface area contributed by atoms with Gasteiger partial charge in [-0.05, 0) is 13.8 Å². The second-order valence-electron chi connectivity index (χ2n) is 5.79. The van der Waals surface area contributed by atoms with Gasteiger partial charge in [-0.25, -0.2) is 8.42 Å². The van der Waals surface area contributed by atoms with Crippen molar-refractivity contribution in [1.29, 1.82) is 0 Å². The Bertz CT molecular complexity index is 460. The van der Waals surface area contributed by atoms with Gasteiger partial charge in [0.25, 0.3) is 0 Å². The zero-order valence-corrected chi connectivity index (χ0v) is 11.9. The van der Waals surface area contributed by atoms with Crippen molar-refractivity contribution in [3.05, 3.63) is 0 Å². The van der Waals surface area contributed by atoms with Crippen LogP contribution in [0.2, 0.25) is 0 Å². The Balaban J connectivity index is 2.26. The fourth-order valence-corrected chi connectivity index (χ4v) is 4.88. The summed E-state index contributed by atoms with van der Waals surface area (Å²) in [5.74, 6) is 0.105. The minimum absolute atomic E-state index is 0.0187. The molecule has 0 aromatic carbocycles. The van der Waals surface area contributed by atoms with Crippen molar-refractivity contribution >= 4 is 15.7 Å². The lowest BCUT2D eigenvalue weighted by Gasteiger charge is -2.48. The molecule has 2 rings (SSSR count). The third-order valence-electron chi connectivity index (χ3n) is 4.03. The number of hydrogen-bond donors (Lipinski definition) is 1. The fraction of sp³-hybridized carbons (Fsp3) is 0.909. The van der Waals surface area contributed by atoms with Crippen LogP contribution in [0.1, 0.15) is 13.8 Å². The standard InChI is InChI=1S/C11H21N3O3S/c1-11(2)10(15)13(3)4-5-14(11)9-7-18(16,17)6-8(9)12/h8-9H,4-7,12H2,1-3H3. The number of rotatable bonds is 1. The van der Waals surface area contributed by atoms with Crippen LogP contribution in [0.15, 0.2) is 0 Å². The van der Waals surface area contributed by atoms with E-state index in [-0.39, 0.29) is 23.5 Å². The first-order chi connectivity index (χ1) is 8.15. The van der Waals surface area contributed by atoms with Gasteiger partial charge in [-0.1, -0.05) is 0 Å². The van der Waals surface area contributed by atoms with Gasteiger partial charge in [-0.3, -0.25) is 9.69 Å². The highest BCUT2D eigenvalue weighted by Gasteiger charge is 2.49. The Labute approximate surface area is 108 Å². The van der Waals surface area contributed by atoms with Crippen LogP contribution in [-0.2, 0) is 14.6 Å². The molecule has 2 fully saturated rings. The van der Waals surface area contributed by atoms with E-state index in [9.17, 15) is 13.2 Å². The molecule has 0 radical (unpaired) electrons. The van der Waals surface area contributed by atoms with Gasteiger partial charge in [-0.2, -0.15) is 0 Å². The number of carbonyl (C=O) groups is 1. The molecule has 0 saturated carbocycles. The highest BCUT2D eigenvalue weighted by Crippen LogP contribution is 2.28.